The van der Waals surface area contributed by atoms with Crippen LogP contribution in [0.15, 0.2) is 54.9 Å². The standard InChI is InChI=1S/C21H21NO3/c1-15-9-16(2)11-19(10-15)24-8-7-21(23)25-14-18-13-22-12-17-5-3-4-6-20(17)18/h3-6,9-13H,7-8,14H2,1-2H3. The molecule has 4 nitrogen and oxygen atoms in total. The molecule has 25 heavy (non-hydrogen) atoms. The van der Waals surface area contributed by atoms with E-state index in [4.69, 9.17) is 9.47 Å². The van der Waals surface area contributed by atoms with Gasteiger partial charge in [0.2, 0.25) is 0 Å². The summed E-state index contributed by atoms with van der Waals surface area (Å²) in [5.41, 5.74) is 3.18. The van der Waals surface area contributed by atoms with Crippen molar-refractivity contribution in [3.63, 3.8) is 0 Å². The Hall–Kier alpha value is -2.88. The van der Waals surface area contributed by atoms with Gasteiger partial charge in [0.1, 0.15) is 12.4 Å². The number of nitrogens with zero attached hydrogens (tertiary/aromatic N) is 1. The Bertz CT molecular complexity index is 864. The molecule has 2 aromatic carbocycles. The molecule has 0 unspecified atom stereocenters. The minimum absolute atomic E-state index is 0.213. The van der Waals surface area contributed by atoms with Gasteiger partial charge in [0.05, 0.1) is 13.0 Å². The van der Waals surface area contributed by atoms with Gasteiger partial charge in [-0.25, -0.2) is 0 Å². The minimum Gasteiger partial charge on any atom is -0.493 e. The molecule has 0 saturated heterocycles. The summed E-state index contributed by atoms with van der Waals surface area (Å²) < 4.78 is 11.0. The van der Waals surface area contributed by atoms with Crippen molar-refractivity contribution in [3.8, 4) is 5.75 Å². The van der Waals surface area contributed by atoms with E-state index in [1.807, 2.05) is 50.2 Å². The van der Waals surface area contributed by atoms with Crippen molar-refractivity contribution < 1.29 is 14.3 Å². The van der Waals surface area contributed by atoms with Crippen molar-refractivity contribution in [1.82, 2.24) is 4.98 Å². The van der Waals surface area contributed by atoms with Gasteiger partial charge in [-0.05, 0) is 42.5 Å². The predicted molar refractivity (Wildman–Crippen MR) is 97.6 cm³/mol. The maximum atomic E-state index is 12.0. The van der Waals surface area contributed by atoms with Crippen LogP contribution in [0.3, 0.4) is 0 Å². The van der Waals surface area contributed by atoms with Crippen LogP contribution in [0.4, 0.5) is 0 Å². The molecule has 0 radical (unpaired) electrons. The third-order valence-electron chi connectivity index (χ3n) is 3.91. The van der Waals surface area contributed by atoms with Crippen molar-refractivity contribution in [2.24, 2.45) is 0 Å². The maximum absolute atomic E-state index is 12.0. The molecule has 0 spiro atoms. The summed E-state index contributed by atoms with van der Waals surface area (Å²) in [6.07, 6.45) is 3.76. The lowest BCUT2D eigenvalue weighted by atomic mass is 10.1. The summed E-state index contributed by atoms with van der Waals surface area (Å²) in [6.45, 7) is 4.56. The Balaban J connectivity index is 1.51. The predicted octanol–water partition coefficient (Wildman–Crippen LogP) is 4.36. The molecule has 3 aromatic rings. The second-order valence-electron chi connectivity index (χ2n) is 6.10. The Morgan fingerprint density at radius 1 is 1.04 bits per heavy atom. The number of rotatable bonds is 6. The number of benzene rings is 2. The quantitative estimate of drug-likeness (QED) is 0.628. The number of aryl methyl sites for hydroxylation is 2. The number of carbonyl (C=O) groups is 1. The minimum atomic E-state index is -0.280. The molecule has 0 atom stereocenters. The number of fused-ring (bicyclic) bond motifs is 1. The average molecular weight is 335 g/mol. The molecule has 128 valence electrons. The summed E-state index contributed by atoms with van der Waals surface area (Å²) in [7, 11) is 0. The van der Waals surface area contributed by atoms with E-state index in [9.17, 15) is 4.79 Å². The number of ether oxygens (including phenoxy) is 2. The Labute approximate surface area is 147 Å². The van der Waals surface area contributed by atoms with Crippen molar-refractivity contribution in [2.75, 3.05) is 6.61 Å². The van der Waals surface area contributed by atoms with Crippen LogP contribution in [-0.2, 0) is 16.1 Å². The van der Waals surface area contributed by atoms with Crippen LogP contribution < -0.4 is 4.74 Å². The van der Waals surface area contributed by atoms with Crippen LogP contribution in [0.25, 0.3) is 10.8 Å². The normalized spacial score (nSPS) is 10.6. The summed E-state index contributed by atoms with van der Waals surface area (Å²) in [4.78, 5) is 16.1. The number of pyridine rings is 1. The van der Waals surface area contributed by atoms with Gasteiger partial charge in [0.25, 0.3) is 0 Å². The number of carbonyl (C=O) groups excluding carboxylic acids is 1. The molecule has 0 aliphatic heterocycles. The van der Waals surface area contributed by atoms with Gasteiger partial charge in [0, 0.05) is 23.3 Å². The molecule has 3 rings (SSSR count). The largest absolute Gasteiger partial charge is 0.493 e. The molecule has 1 aromatic heterocycles. The summed E-state index contributed by atoms with van der Waals surface area (Å²) in [5, 5.41) is 2.09. The molecule has 0 fully saturated rings. The third kappa shape index (κ3) is 4.57. The van der Waals surface area contributed by atoms with E-state index in [-0.39, 0.29) is 19.0 Å². The lowest BCUT2D eigenvalue weighted by Crippen LogP contribution is -2.10. The highest BCUT2D eigenvalue weighted by molar-refractivity contribution is 5.84. The van der Waals surface area contributed by atoms with E-state index in [2.05, 4.69) is 11.1 Å². The second kappa shape index (κ2) is 7.79. The van der Waals surface area contributed by atoms with Crippen LogP contribution in [0, 0.1) is 13.8 Å². The van der Waals surface area contributed by atoms with Gasteiger partial charge < -0.3 is 9.47 Å². The van der Waals surface area contributed by atoms with E-state index in [1.54, 1.807) is 12.4 Å². The molecule has 4 heteroatoms. The first-order chi connectivity index (χ1) is 12.1. The van der Waals surface area contributed by atoms with E-state index in [0.29, 0.717) is 6.61 Å². The molecular formula is C21H21NO3. The van der Waals surface area contributed by atoms with Gasteiger partial charge in [-0.1, -0.05) is 30.3 Å². The van der Waals surface area contributed by atoms with Crippen LogP contribution in [0.2, 0.25) is 0 Å². The number of aromatic nitrogens is 1. The molecule has 0 aliphatic rings. The highest BCUT2D eigenvalue weighted by Gasteiger charge is 2.07. The fraction of sp³-hybridized carbons (Fsp3) is 0.238. The summed E-state index contributed by atoms with van der Waals surface area (Å²) >= 11 is 0. The monoisotopic (exact) mass is 335 g/mol. The number of hydrogen-bond acceptors (Lipinski definition) is 4. The second-order valence-corrected chi connectivity index (χ2v) is 6.10. The number of hydrogen-bond donors (Lipinski definition) is 0. The third-order valence-corrected chi connectivity index (χ3v) is 3.91. The zero-order chi connectivity index (χ0) is 17.6. The van der Waals surface area contributed by atoms with E-state index < -0.39 is 0 Å². The van der Waals surface area contributed by atoms with Crippen LogP contribution in [0.5, 0.6) is 5.75 Å². The summed E-state index contributed by atoms with van der Waals surface area (Å²) in [6, 6.07) is 13.9. The lowest BCUT2D eigenvalue weighted by molar-refractivity contribution is -0.145. The van der Waals surface area contributed by atoms with Crippen LogP contribution >= 0.6 is 0 Å². The molecular weight excluding hydrogens is 314 g/mol. The topological polar surface area (TPSA) is 48.4 Å². The SMILES string of the molecule is Cc1cc(C)cc(OCCC(=O)OCc2cncc3ccccc23)c1. The van der Waals surface area contributed by atoms with Crippen molar-refractivity contribution in [3.05, 3.63) is 71.5 Å². The fourth-order valence-electron chi connectivity index (χ4n) is 2.79. The molecule has 0 bridgehead atoms. The maximum Gasteiger partial charge on any atom is 0.309 e. The van der Waals surface area contributed by atoms with E-state index >= 15 is 0 Å². The molecule has 0 aliphatic carbocycles. The van der Waals surface area contributed by atoms with Gasteiger partial charge in [-0.15, -0.1) is 0 Å². The average Bonchev–Trinajstić information content (AvgIpc) is 2.59. The van der Waals surface area contributed by atoms with Gasteiger partial charge >= 0.3 is 5.97 Å². The molecule has 0 saturated carbocycles. The fourth-order valence-corrected chi connectivity index (χ4v) is 2.79. The molecule has 1 heterocycles. The van der Waals surface area contributed by atoms with Crippen molar-refractivity contribution >= 4 is 16.7 Å². The zero-order valence-corrected chi connectivity index (χ0v) is 14.5. The first kappa shape index (κ1) is 17.0. The smallest absolute Gasteiger partial charge is 0.309 e. The van der Waals surface area contributed by atoms with Crippen LogP contribution in [0.1, 0.15) is 23.1 Å². The van der Waals surface area contributed by atoms with Gasteiger partial charge in [-0.2, -0.15) is 0 Å². The zero-order valence-electron chi connectivity index (χ0n) is 14.5. The van der Waals surface area contributed by atoms with Gasteiger partial charge in [0.15, 0.2) is 0 Å². The van der Waals surface area contributed by atoms with Crippen molar-refractivity contribution in [2.45, 2.75) is 26.9 Å². The first-order valence-electron chi connectivity index (χ1n) is 8.30. The Morgan fingerprint density at radius 3 is 2.60 bits per heavy atom. The Kier molecular flexibility index (Phi) is 5.29. The first-order valence-corrected chi connectivity index (χ1v) is 8.30. The van der Waals surface area contributed by atoms with Gasteiger partial charge in [-0.3, -0.25) is 9.78 Å². The highest BCUT2D eigenvalue weighted by Crippen LogP contribution is 2.18. The summed E-state index contributed by atoms with van der Waals surface area (Å²) in [5.74, 6) is 0.501. The Morgan fingerprint density at radius 2 is 1.80 bits per heavy atom. The molecule has 0 amide bonds. The highest BCUT2D eigenvalue weighted by atomic mass is 16.5. The number of esters is 1. The van der Waals surface area contributed by atoms with Crippen molar-refractivity contribution in [1.29, 1.82) is 0 Å². The van der Waals surface area contributed by atoms with E-state index in [0.717, 1.165) is 33.2 Å². The lowest BCUT2D eigenvalue weighted by Gasteiger charge is -2.09. The van der Waals surface area contributed by atoms with E-state index in [1.165, 1.54) is 0 Å². The molecule has 0 N–H and O–H groups in total. The van der Waals surface area contributed by atoms with Crippen LogP contribution in [-0.4, -0.2) is 17.6 Å².